The van der Waals surface area contributed by atoms with Crippen LogP contribution in [0, 0.1) is 6.92 Å². The number of nitrogens with zero attached hydrogens (tertiary/aromatic N) is 3. The predicted molar refractivity (Wildman–Crippen MR) is 89.0 cm³/mol. The maximum Gasteiger partial charge on any atom is 0.412 e. The van der Waals surface area contributed by atoms with Gasteiger partial charge in [0, 0.05) is 11.8 Å². The second-order valence-electron chi connectivity index (χ2n) is 5.82. The summed E-state index contributed by atoms with van der Waals surface area (Å²) in [5.74, 6) is -0.126. The van der Waals surface area contributed by atoms with Gasteiger partial charge in [0.05, 0.1) is 23.4 Å². The Morgan fingerprint density at radius 3 is 2.61 bits per heavy atom. The molecule has 1 aromatic heterocycles. The van der Waals surface area contributed by atoms with Crippen LogP contribution in [0.1, 0.15) is 39.2 Å². The minimum absolute atomic E-state index is 0.279. The lowest BCUT2D eigenvalue weighted by Gasteiger charge is -2.20. The average Bonchev–Trinajstić information content (AvgIpc) is 2.38. The molecule has 0 saturated carbocycles. The van der Waals surface area contributed by atoms with Crippen molar-refractivity contribution >= 4 is 24.1 Å². The van der Waals surface area contributed by atoms with Gasteiger partial charge in [-0.15, -0.1) is 0 Å². The highest BCUT2D eigenvalue weighted by atomic mass is 19.1. The molecule has 0 aliphatic heterocycles. The van der Waals surface area contributed by atoms with E-state index in [2.05, 4.69) is 27.0 Å². The quantitative estimate of drug-likeness (QED) is 0.671. The Bertz CT molecular complexity index is 657. The maximum atomic E-state index is 13.1. The minimum Gasteiger partial charge on any atom is -0.444 e. The van der Waals surface area contributed by atoms with Crippen LogP contribution in [-0.2, 0) is 4.74 Å². The molecule has 124 valence electrons. The molecule has 23 heavy (non-hydrogen) atoms. The number of carbonyl (C=O) groups is 1. The number of anilines is 1. The lowest BCUT2D eigenvalue weighted by Crippen LogP contribution is -2.27. The first kappa shape index (κ1) is 18.5. The van der Waals surface area contributed by atoms with Gasteiger partial charge in [0.25, 0.3) is 0 Å². The highest BCUT2D eigenvalue weighted by molar-refractivity contribution is 5.85. The number of rotatable bonds is 4. The molecule has 1 amide bonds. The van der Waals surface area contributed by atoms with E-state index in [1.54, 1.807) is 27.7 Å². The summed E-state index contributed by atoms with van der Waals surface area (Å²) in [6, 6.07) is 0. The molecule has 0 unspecified atom stereocenters. The fraction of sp³-hybridized carbons (Fsp3) is 0.375. The predicted octanol–water partition coefficient (Wildman–Crippen LogP) is 4.05. The normalized spacial score (nSPS) is 12.8. The van der Waals surface area contributed by atoms with E-state index in [1.165, 1.54) is 25.4 Å². The SMILES string of the molecule is C=N/C=C(\C=C(/C)F)c1ncc(NC(=O)OC(C)(C)C)c(C)n1. The molecule has 0 fully saturated rings. The molecule has 1 heterocycles. The second-order valence-corrected chi connectivity index (χ2v) is 5.82. The van der Waals surface area contributed by atoms with Gasteiger partial charge in [-0.25, -0.2) is 19.2 Å². The molecule has 0 saturated heterocycles. The molecule has 0 spiro atoms. The molecule has 7 heteroatoms. The van der Waals surface area contributed by atoms with Crippen LogP contribution in [0.2, 0.25) is 0 Å². The lowest BCUT2D eigenvalue weighted by atomic mass is 10.2. The van der Waals surface area contributed by atoms with Gasteiger partial charge >= 0.3 is 6.09 Å². The summed E-state index contributed by atoms with van der Waals surface area (Å²) in [6.45, 7) is 11.6. The zero-order valence-corrected chi connectivity index (χ0v) is 14.0. The van der Waals surface area contributed by atoms with Crippen LogP contribution >= 0.6 is 0 Å². The first-order valence-electron chi connectivity index (χ1n) is 6.96. The monoisotopic (exact) mass is 320 g/mol. The standard InChI is InChI=1S/C16H21FN4O2/c1-10(17)7-12(8-18-6)14-19-9-13(11(2)20-14)21-15(22)23-16(3,4)5/h7-9H,6H2,1-5H3,(H,21,22)/b10-7+,12-8+. The third-order valence-corrected chi connectivity index (χ3v) is 2.46. The third kappa shape index (κ3) is 6.37. The Labute approximate surface area is 135 Å². The van der Waals surface area contributed by atoms with Crippen molar-refractivity contribution < 1.29 is 13.9 Å². The number of carbonyl (C=O) groups excluding carboxylic acids is 1. The Morgan fingerprint density at radius 2 is 2.13 bits per heavy atom. The highest BCUT2D eigenvalue weighted by Gasteiger charge is 2.17. The number of aromatic nitrogens is 2. The Balaban J connectivity index is 3.02. The van der Waals surface area contributed by atoms with Crippen LogP contribution in [0.15, 0.2) is 29.3 Å². The number of hydrogen-bond acceptors (Lipinski definition) is 5. The molecule has 0 aliphatic carbocycles. The summed E-state index contributed by atoms with van der Waals surface area (Å²) in [5.41, 5.74) is 0.704. The van der Waals surface area contributed by atoms with E-state index in [0.717, 1.165) is 0 Å². The van der Waals surface area contributed by atoms with Gasteiger partial charge in [0.1, 0.15) is 5.60 Å². The van der Waals surface area contributed by atoms with Crippen molar-refractivity contribution in [2.75, 3.05) is 5.32 Å². The van der Waals surface area contributed by atoms with Crippen molar-refractivity contribution in [3.63, 3.8) is 0 Å². The summed E-state index contributed by atoms with van der Waals surface area (Å²) in [5, 5.41) is 2.57. The number of ether oxygens (including phenoxy) is 1. The van der Waals surface area contributed by atoms with Crippen LogP contribution in [-0.4, -0.2) is 28.4 Å². The number of aryl methyl sites for hydroxylation is 1. The fourth-order valence-electron chi connectivity index (χ4n) is 1.61. The number of nitrogens with one attached hydrogen (secondary N) is 1. The summed E-state index contributed by atoms with van der Waals surface area (Å²) in [7, 11) is 0. The summed E-state index contributed by atoms with van der Waals surface area (Å²) >= 11 is 0. The van der Waals surface area contributed by atoms with Crippen LogP contribution in [0.5, 0.6) is 0 Å². The molecule has 0 aliphatic rings. The molecular weight excluding hydrogens is 299 g/mol. The van der Waals surface area contributed by atoms with Crippen LogP contribution in [0.4, 0.5) is 14.9 Å². The van der Waals surface area contributed by atoms with E-state index in [-0.39, 0.29) is 5.82 Å². The van der Waals surface area contributed by atoms with Gasteiger partial charge in [-0.2, -0.15) is 0 Å². The fourth-order valence-corrected chi connectivity index (χ4v) is 1.61. The number of hydrogen-bond donors (Lipinski definition) is 1. The molecule has 0 atom stereocenters. The number of amides is 1. The van der Waals surface area contributed by atoms with E-state index in [0.29, 0.717) is 17.0 Å². The molecule has 0 radical (unpaired) electrons. The van der Waals surface area contributed by atoms with Crippen LogP contribution in [0.3, 0.4) is 0 Å². The topological polar surface area (TPSA) is 76.5 Å². The van der Waals surface area contributed by atoms with Crippen molar-refractivity contribution in [3.8, 4) is 0 Å². The Kier molecular flexibility index (Phi) is 6.12. The molecule has 0 aromatic carbocycles. The Morgan fingerprint density at radius 1 is 1.48 bits per heavy atom. The zero-order chi connectivity index (χ0) is 17.6. The van der Waals surface area contributed by atoms with Crippen molar-refractivity contribution in [1.82, 2.24) is 9.97 Å². The number of aliphatic imine (C=N–C) groups is 1. The minimum atomic E-state index is -0.603. The average molecular weight is 320 g/mol. The smallest absolute Gasteiger partial charge is 0.412 e. The highest BCUT2D eigenvalue weighted by Crippen LogP contribution is 2.19. The second kappa shape index (κ2) is 7.62. The molecular formula is C16H21FN4O2. The largest absolute Gasteiger partial charge is 0.444 e. The molecule has 1 rings (SSSR count). The first-order chi connectivity index (χ1) is 10.6. The van der Waals surface area contributed by atoms with Gasteiger partial charge < -0.3 is 4.74 Å². The van der Waals surface area contributed by atoms with E-state index in [9.17, 15) is 9.18 Å². The zero-order valence-electron chi connectivity index (χ0n) is 14.0. The van der Waals surface area contributed by atoms with Crippen molar-refractivity contribution in [1.29, 1.82) is 0 Å². The summed E-state index contributed by atoms with van der Waals surface area (Å²) in [4.78, 5) is 23.7. The maximum absolute atomic E-state index is 13.1. The van der Waals surface area contributed by atoms with Crippen molar-refractivity contribution in [2.45, 2.75) is 40.2 Å². The summed E-state index contributed by atoms with van der Waals surface area (Å²) in [6.07, 6.45) is 3.45. The number of allylic oxidation sites excluding steroid dienone is 3. The van der Waals surface area contributed by atoms with E-state index >= 15 is 0 Å². The van der Waals surface area contributed by atoms with Crippen molar-refractivity contribution in [2.24, 2.45) is 4.99 Å². The van der Waals surface area contributed by atoms with Crippen LogP contribution < -0.4 is 5.32 Å². The lowest BCUT2D eigenvalue weighted by molar-refractivity contribution is 0.0635. The van der Waals surface area contributed by atoms with Gasteiger partial charge in [0.15, 0.2) is 5.82 Å². The van der Waals surface area contributed by atoms with Gasteiger partial charge in [0.2, 0.25) is 0 Å². The molecule has 6 nitrogen and oxygen atoms in total. The third-order valence-electron chi connectivity index (χ3n) is 2.46. The summed E-state index contributed by atoms with van der Waals surface area (Å²) < 4.78 is 18.3. The van der Waals surface area contributed by atoms with Gasteiger partial charge in [-0.1, -0.05) is 0 Å². The first-order valence-corrected chi connectivity index (χ1v) is 6.96. The van der Waals surface area contributed by atoms with Gasteiger partial charge in [-0.3, -0.25) is 10.3 Å². The molecule has 1 aromatic rings. The van der Waals surface area contributed by atoms with Gasteiger partial charge in [-0.05, 0) is 47.4 Å². The van der Waals surface area contributed by atoms with E-state index < -0.39 is 17.5 Å². The molecule has 1 N–H and O–H groups in total. The molecule has 0 bridgehead atoms. The van der Waals surface area contributed by atoms with Crippen LogP contribution in [0.25, 0.3) is 5.57 Å². The number of halogens is 1. The Hall–Kier alpha value is -2.57. The van der Waals surface area contributed by atoms with E-state index in [1.807, 2.05) is 0 Å². The van der Waals surface area contributed by atoms with Crippen molar-refractivity contribution in [3.05, 3.63) is 35.8 Å². The van der Waals surface area contributed by atoms with E-state index in [4.69, 9.17) is 4.74 Å².